The summed E-state index contributed by atoms with van der Waals surface area (Å²) in [6, 6.07) is 7.71. The predicted molar refractivity (Wildman–Crippen MR) is 92.6 cm³/mol. The fourth-order valence-electron chi connectivity index (χ4n) is 2.96. The molecule has 0 saturated heterocycles. The van der Waals surface area contributed by atoms with Crippen LogP contribution in [0.25, 0.3) is 22.4 Å². The summed E-state index contributed by atoms with van der Waals surface area (Å²) in [7, 11) is 1.79. The fourth-order valence-corrected chi connectivity index (χ4v) is 2.96. The standard InChI is InChI=1S/C18H17N5O2/c1-23-17(19)14(9-22-23)16-5-3-11(8-21-16)10-2-4-15(20-7-10)12-6-13(12)18(24)25/h2-5,7-9,12-13H,6,19H2,1H3,(H,24,25). The van der Waals surface area contributed by atoms with Gasteiger partial charge in [-0.1, -0.05) is 12.1 Å². The second-order valence-electron chi connectivity index (χ2n) is 6.26. The molecule has 1 aliphatic carbocycles. The number of carboxylic acid groups (broad SMARTS) is 1. The Kier molecular flexibility index (Phi) is 3.49. The zero-order chi connectivity index (χ0) is 17.6. The minimum Gasteiger partial charge on any atom is -0.481 e. The van der Waals surface area contributed by atoms with Gasteiger partial charge in [-0.3, -0.25) is 19.4 Å². The summed E-state index contributed by atoms with van der Waals surface area (Å²) in [5.41, 5.74) is 10.3. The minimum atomic E-state index is -0.745. The highest BCUT2D eigenvalue weighted by Crippen LogP contribution is 2.46. The number of nitrogen functional groups attached to an aromatic ring is 1. The van der Waals surface area contributed by atoms with Crippen molar-refractivity contribution in [3.8, 4) is 22.4 Å². The predicted octanol–water partition coefficient (Wildman–Crippen LogP) is 2.31. The summed E-state index contributed by atoms with van der Waals surface area (Å²) < 4.78 is 1.61. The zero-order valence-electron chi connectivity index (χ0n) is 13.6. The van der Waals surface area contributed by atoms with Gasteiger partial charge >= 0.3 is 5.97 Å². The highest BCUT2D eigenvalue weighted by Gasteiger charge is 2.45. The van der Waals surface area contributed by atoms with Gasteiger partial charge in [0.25, 0.3) is 0 Å². The van der Waals surface area contributed by atoms with E-state index in [0.717, 1.165) is 28.1 Å². The van der Waals surface area contributed by atoms with Gasteiger partial charge in [0.2, 0.25) is 0 Å². The van der Waals surface area contributed by atoms with Crippen molar-refractivity contribution >= 4 is 11.8 Å². The molecule has 0 radical (unpaired) electrons. The maximum absolute atomic E-state index is 11.0. The van der Waals surface area contributed by atoms with Gasteiger partial charge in [0.1, 0.15) is 5.82 Å². The van der Waals surface area contributed by atoms with Crippen LogP contribution < -0.4 is 5.73 Å². The van der Waals surface area contributed by atoms with Gasteiger partial charge in [-0.15, -0.1) is 0 Å². The van der Waals surface area contributed by atoms with Gasteiger partial charge in [0.15, 0.2) is 0 Å². The molecule has 0 amide bonds. The van der Waals surface area contributed by atoms with Gasteiger partial charge in [0, 0.05) is 42.2 Å². The van der Waals surface area contributed by atoms with Crippen LogP contribution in [0.4, 0.5) is 5.82 Å². The molecule has 0 bridgehead atoms. The van der Waals surface area contributed by atoms with Crippen LogP contribution in [0, 0.1) is 5.92 Å². The molecular weight excluding hydrogens is 318 g/mol. The van der Waals surface area contributed by atoms with Crippen molar-refractivity contribution in [3.05, 3.63) is 48.5 Å². The van der Waals surface area contributed by atoms with Gasteiger partial charge in [0.05, 0.1) is 23.4 Å². The smallest absolute Gasteiger partial charge is 0.307 e. The summed E-state index contributed by atoms with van der Waals surface area (Å²) in [4.78, 5) is 19.8. The van der Waals surface area contributed by atoms with Crippen LogP contribution in [0.3, 0.4) is 0 Å². The Hall–Kier alpha value is -3.22. The van der Waals surface area contributed by atoms with Crippen LogP contribution in [0.15, 0.2) is 42.9 Å². The molecule has 4 rings (SSSR count). The molecule has 1 fully saturated rings. The number of aliphatic carboxylic acids is 1. The number of hydrogen-bond donors (Lipinski definition) is 2. The van der Waals surface area contributed by atoms with Crippen LogP contribution in [0.1, 0.15) is 18.0 Å². The van der Waals surface area contributed by atoms with Gasteiger partial charge in [-0.2, -0.15) is 5.10 Å². The third kappa shape index (κ3) is 2.73. The average molecular weight is 335 g/mol. The first-order valence-corrected chi connectivity index (χ1v) is 7.97. The Labute approximate surface area is 144 Å². The molecule has 7 heteroatoms. The van der Waals surface area contributed by atoms with Gasteiger partial charge in [-0.05, 0) is 18.6 Å². The number of pyridine rings is 2. The van der Waals surface area contributed by atoms with E-state index in [9.17, 15) is 4.79 Å². The lowest BCUT2D eigenvalue weighted by molar-refractivity contribution is -0.138. The van der Waals surface area contributed by atoms with Crippen molar-refractivity contribution < 1.29 is 9.90 Å². The van der Waals surface area contributed by atoms with E-state index >= 15 is 0 Å². The normalized spacial score (nSPS) is 18.9. The summed E-state index contributed by atoms with van der Waals surface area (Å²) in [5, 5.41) is 13.1. The molecule has 0 aromatic carbocycles. The minimum absolute atomic E-state index is 0.0422. The number of aromatic nitrogens is 4. The lowest BCUT2D eigenvalue weighted by Gasteiger charge is -2.05. The fraction of sp³-hybridized carbons (Fsp3) is 0.222. The lowest BCUT2D eigenvalue weighted by atomic mass is 10.1. The third-order valence-corrected chi connectivity index (χ3v) is 4.63. The van der Waals surface area contributed by atoms with Crippen LogP contribution in [-0.2, 0) is 11.8 Å². The molecule has 7 nitrogen and oxygen atoms in total. The number of nitrogens with zero attached hydrogens (tertiary/aromatic N) is 4. The maximum Gasteiger partial charge on any atom is 0.307 e. The highest BCUT2D eigenvalue weighted by atomic mass is 16.4. The zero-order valence-corrected chi connectivity index (χ0v) is 13.6. The van der Waals surface area contributed by atoms with Crippen molar-refractivity contribution in [1.29, 1.82) is 0 Å². The van der Waals surface area contributed by atoms with Crippen LogP contribution in [0.5, 0.6) is 0 Å². The summed E-state index contributed by atoms with van der Waals surface area (Å²) in [6.07, 6.45) is 5.91. The molecule has 1 saturated carbocycles. The molecule has 3 N–H and O–H groups in total. The van der Waals surface area contributed by atoms with E-state index in [2.05, 4.69) is 15.1 Å². The molecule has 2 unspecified atom stereocenters. The number of nitrogens with two attached hydrogens (primary N) is 1. The Balaban J connectivity index is 1.54. The molecule has 3 heterocycles. The number of aryl methyl sites for hydroxylation is 1. The SMILES string of the molecule is Cn1ncc(-c2ccc(-c3ccc(C4CC4C(=O)O)nc3)cn2)c1N. The number of carbonyl (C=O) groups is 1. The number of hydrogen-bond acceptors (Lipinski definition) is 5. The second kappa shape index (κ2) is 5.70. The van der Waals surface area contributed by atoms with Crippen LogP contribution in [-0.4, -0.2) is 30.8 Å². The Morgan fingerprint density at radius 3 is 2.36 bits per heavy atom. The molecule has 0 spiro atoms. The lowest BCUT2D eigenvalue weighted by Crippen LogP contribution is -2.00. The van der Waals surface area contributed by atoms with Gasteiger partial charge < -0.3 is 10.8 Å². The average Bonchev–Trinajstić information content (AvgIpc) is 3.37. The van der Waals surface area contributed by atoms with Crippen LogP contribution >= 0.6 is 0 Å². The van der Waals surface area contributed by atoms with Crippen molar-refractivity contribution in [1.82, 2.24) is 19.7 Å². The number of anilines is 1. The van der Waals surface area contributed by atoms with Crippen molar-refractivity contribution in [2.45, 2.75) is 12.3 Å². The molecule has 3 aromatic rings. The van der Waals surface area contributed by atoms with Crippen LogP contribution in [0.2, 0.25) is 0 Å². The van der Waals surface area contributed by atoms with E-state index in [1.54, 1.807) is 30.3 Å². The molecule has 0 aliphatic heterocycles. The van der Waals surface area contributed by atoms with E-state index in [4.69, 9.17) is 10.8 Å². The van der Waals surface area contributed by atoms with E-state index in [0.29, 0.717) is 12.2 Å². The monoisotopic (exact) mass is 335 g/mol. The van der Waals surface area contributed by atoms with E-state index in [-0.39, 0.29) is 11.8 Å². The first-order valence-electron chi connectivity index (χ1n) is 7.97. The topological polar surface area (TPSA) is 107 Å². The first-order chi connectivity index (χ1) is 12.0. The van der Waals surface area contributed by atoms with Crippen molar-refractivity contribution in [2.24, 2.45) is 13.0 Å². The van der Waals surface area contributed by atoms with E-state index < -0.39 is 5.97 Å². The molecule has 126 valence electrons. The van der Waals surface area contributed by atoms with Crippen molar-refractivity contribution in [3.63, 3.8) is 0 Å². The quantitative estimate of drug-likeness (QED) is 0.757. The second-order valence-corrected chi connectivity index (χ2v) is 6.26. The summed E-state index contributed by atoms with van der Waals surface area (Å²) in [5.74, 6) is -0.418. The summed E-state index contributed by atoms with van der Waals surface area (Å²) in [6.45, 7) is 0. The van der Waals surface area contributed by atoms with Gasteiger partial charge in [-0.25, -0.2) is 0 Å². The molecule has 25 heavy (non-hydrogen) atoms. The Morgan fingerprint density at radius 1 is 1.16 bits per heavy atom. The molecule has 3 aromatic heterocycles. The number of rotatable bonds is 4. The maximum atomic E-state index is 11.0. The number of carboxylic acids is 1. The molecular formula is C18H17N5O2. The largest absolute Gasteiger partial charge is 0.481 e. The molecule has 2 atom stereocenters. The third-order valence-electron chi connectivity index (χ3n) is 4.63. The van der Waals surface area contributed by atoms with E-state index in [1.807, 2.05) is 24.3 Å². The first kappa shape index (κ1) is 15.3. The summed E-state index contributed by atoms with van der Waals surface area (Å²) >= 11 is 0. The van der Waals surface area contributed by atoms with E-state index in [1.165, 1.54) is 0 Å². The Bertz CT molecular complexity index is 931. The highest BCUT2D eigenvalue weighted by molar-refractivity contribution is 5.75. The molecule has 1 aliphatic rings. The van der Waals surface area contributed by atoms with Crippen molar-refractivity contribution in [2.75, 3.05) is 5.73 Å². The Morgan fingerprint density at radius 2 is 1.88 bits per heavy atom.